The summed E-state index contributed by atoms with van der Waals surface area (Å²) in [4.78, 5) is 23.3. The molecule has 25 heavy (non-hydrogen) atoms. The first-order chi connectivity index (χ1) is 12.0. The lowest BCUT2D eigenvalue weighted by molar-refractivity contribution is -0.120. The molecule has 0 spiro atoms. The van der Waals surface area contributed by atoms with Gasteiger partial charge in [-0.3, -0.25) is 4.79 Å². The molecule has 0 aliphatic heterocycles. The third-order valence-electron chi connectivity index (χ3n) is 4.22. The smallest absolute Gasteiger partial charge is 0.339 e. The Morgan fingerprint density at radius 3 is 2.72 bits per heavy atom. The molecule has 0 aliphatic carbocycles. The number of carboxylic acid groups (broad SMARTS) is 1. The van der Waals surface area contributed by atoms with Gasteiger partial charge in [-0.15, -0.1) is 0 Å². The van der Waals surface area contributed by atoms with Crippen LogP contribution in [0.4, 0.5) is 0 Å². The van der Waals surface area contributed by atoms with Crippen molar-refractivity contribution in [1.29, 1.82) is 0 Å². The molecule has 6 heteroatoms. The van der Waals surface area contributed by atoms with Crippen molar-refractivity contribution in [2.75, 3.05) is 0 Å². The minimum absolute atomic E-state index is 0.121. The van der Waals surface area contributed by atoms with Crippen molar-refractivity contribution in [3.63, 3.8) is 0 Å². The van der Waals surface area contributed by atoms with Gasteiger partial charge in [-0.1, -0.05) is 18.2 Å². The number of benzene rings is 1. The molecule has 0 aliphatic rings. The Bertz CT molecular complexity index is 936. The van der Waals surface area contributed by atoms with Crippen LogP contribution in [-0.2, 0) is 24.3 Å². The number of carbonyl (C=O) groups is 2. The summed E-state index contributed by atoms with van der Waals surface area (Å²) >= 11 is 0. The van der Waals surface area contributed by atoms with Gasteiger partial charge in [0.1, 0.15) is 17.1 Å². The number of nitrogens with zero attached hydrogens (tertiary/aromatic N) is 1. The van der Waals surface area contributed by atoms with E-state index >= 15 is 0 Å². The Labute approximate surface area is 145 Å². The molecule has 1 amide bonds. The summed E-state index contributed by atoms with van der Waals surface area (Å²) in [6, 6.07) is 9.44. The molecule has 1 aromatic carbocycles. The van der Waals surface area contributed by atoms with Gasteiger partial charge in [0, 0.05) is 23.6 Å². The number of fused-ring (bicyclic) bond motifs is 1. The second-order valence-corrected chi connectivity index (χ2v) is 5.90. The Morgan fingerprint density at radius 1 is 1.28 bits per heavy atom. The quantitative estimate of drug-likeness (QED) is 0.722. The van der Waals surface area contributed by atoms with Gasteiger partial charge in [0.2, 0.25) is 5.91 Å². The van der Waals surface area contributed by atoms with Crippen molar-refractivity contribution in [3.05, 3.63) is 59.2 Å². The summed E-state index contributed by atoms with van der Waals surface area (Å²) in [5.41, 5.74) is 2.20. The third-order valence-corrected chi connectivity index (χ3v) is 4.22. The van der Waals surface area contributed by atoms with E-state index in [0.29, 0.717) is 11.5 Å². The molecule has 0 saturated heterocycles. The molecule has 0 fully saturated rings. The highest BCUT2D eigenvalue weighted by molar-refractivity contribution is 5.90. The lowest BCUT2D eigenvalue weighted by Crippen LogP contribution is -2.24. The second kappa shape index (κ2) is 6.84. The highest BCUT2D eigenvalue weighted by Gasteiger charge is 2.15. The molecule has 3 rings (SSSR count). The zero-order chi connectivity index (χ0) is 18.0. The van der Waals surface area contributed by atoms with Crippen LogP contribution < -0.4 is 5.32 Å². The maximum Gasteiger partial charge on any atom is 0.339 e. The molecular weight excluding hydrogens is 320 g/mol. The number of aryl methyl sites for hydroxylation is 2. The van der Waals surface area contributed by atoms with Crippen molar-refractivity contribution in [2.24, 2.45) is 0 Å². The van der Waals surface area contributed by atoms with E-state index in [1.807, 2.05) is 30.5 Å². The van der Waals surface area contributed by atoms with Gasteiger partial charge in [0.05, 0.1) is 13.0 Å². The molecule has 2 N–H and O–H groups in total. The maximum atomic E-state index is 12.3. The number of carboxylic acids is 1. The number of aromatic nitrogens is 1. The number of aromatic carboxylic acids is 1. The number of hydrogen-bond acceptors (Lipinski definition) is 3. The first-order valence-electron chi connectivity index (χ1n) is 8.15. The fraction of sp³-hybridized carbons (Fsp3) is 0.263. The van der Waals surface area contributed by atoms with Gasteiger partial charge in [0.25, 0.3) is 0 Å². The van der Waals surface area contributed by atoms with E-state index in [-0.39, 0.29) is 24.4 Å². The molecule has 3 aromatic rings. The van der Waals surface area contributed by atoms with Gasteiger partial charge in [0.15, 0.2) is 0 Å². The second-order valence-electron chi connectivity index (χ2n) is 5.90. The van der Waals surface area contributed by atoms with Crippen LogP contribution >= 0.6 is 0 Å². The molecule has 2 aromatic heterocycles. The van der Waals surface area contributed by atoms with E-state index in [1.165, 1.54) is 6.07 Å². The van der Waals surface area contributed by atoms with Crippen molar-refractivity contribution < 1.29 is 19.1 Å². The number of nitrogens with one attached hydrogen (secondary N) is 1. The number of rotatable bonds is 6. The van der Waals surface area contributed by atoms with Crippen LogP contribution in [0.1, 0.15) is 34.4 Å². The summed E-state index contributed by atoms with van der Waals surface area (Å²) in [5, 5.41) is 12.9. The number of amides is 1. The van der Waals surface area contributed by atoms with Gasteiger partial charge in [-0.2, -0.15) is 0 Å². The third kappa shape index (κ3) is 3.42. The van der Waals surface area contributed by atoms with E-state index < -0.39 is 5.97 Å². The monoisotopic (exact) mass is 340 g/mol. The zero-order valence-corrected chi connectivity index (χ0v) is 14.2. The number of carbonyl (C=O) groups excluding carboxylic acids is 1. The Hall–Kier alpha value is -3.02. The highest BCUT2D eigenvalue weighted by Crippen LogP contribution is 2.22. The van der Waals surface area contributed by atoms with E-state index in [9.17, 15) is 9.59 Å². The van der Waals surface area contributed by atoms with Crippen molar-refractivity contribution in [3.8, 4) is 0 Å². The van der Waals surface area contributed by atoms with Crippen LogP contribution in [0.5, 0.6) is 0 Å². The van der Waals surface area contributed by atoms with Crippen molar-refractivity contribution in [1.82, 2.24) is 9.88 Å². The Kier molecular flexibility index (Phi) is 4.61. The lowest BCUT2D eigenvalue weighted by Gasteiger charge is -2.02. The highest BCUT2D eigenvalue weighted by atomic mass is 16.4. The molecule has 0 unspecified atom stereocenters. The van der Waals surface area contributed by atoms with Crippen molar-refractivity contribution >= 4 is 22.8 Å². The summed E-state index contributed by atoms with van der Waals surface area (Å²) in [5.74, 6) is -0.405. The Morgan fingerprint density at radius 2 is 2.04 bits per heavy atom. The minimum Gasteiger partial charge on any atom is -0.478 e. The van der Waals surface area contributed by atoms with Crippen LogP contribution in [-0.4, -0.2) is 21.6 Å². The lowest BCUT2D eigenvalue weighted by atomic mass is 10.1. The predicted molar refractivity (Wildman–Crippen MR) is 93.6 cm³/mol. The normalized spacial score (nSPS) is 11.0. The summed E-state index contributed by atoms with van der Waals surface area (Å²) in [6.45, 7) is 4.66. The minimum atomic E-state index is -1.04. The van der Waals surface area contributed by atoms with E-state index in [0.717, 1.165) is 23.0 Å². The van der Waals surface area contributed by atoms with Gasteiger partial charge >= 0.3 is 5.97 Å². The van der Waals surface area contributed by atoms with E-state index in [4.69, 9.17) is 9.52 Å². The molecule has 130 valence electrons. The van der Waals surface area contributed by atoms with Crippen LogP contribution in [0.3, 0.4) is 0 Å². The fourth-order valence-electron chi connectivity index (χ4n) is 2.99. The number of para-hydroxylation sites is 1. The summed E-state index contributed by atoms with van der Waals surface area (Å²) < 4.78 is 7.49. The van der Waals surface area contributed by atoms with Crippen molar-refractivity contribution in [2.45, 2.75) is 33.4 Å². The van der Waals surface area contributed by atoms with E-state index in [2.05, 4.69) is 16.8 Å². The topological polar surface area (TPSA) is 84.5 Å². The molecule has 6 nitrogen and oxygen atoms in total. The SMILES string of the molecule is CCn1cc(CC(=O)NCc2cc(C(=O)O)c(C)o2)c2ccccc21. The van der Waals surface area contributed by atoms with Crippen LogP contribution in [0.15, 0.2) is 40.9 Å². The largest absolute Gasteiger partial charge is 0.478 e. The summed E-state index contributed by atoms with van der Waals surface area (Å²) in [7, 11) is 0. The van der Waals surface area contributed by atoms with Gasteiger partial charge in [-0.25, -0.2) is 4.79 Å². The van der Waals surface area contributed by atoms with Crippen LogP contribution in [0.25, 0.3) is 10.9 Å². The van der Waals surface area contributed by atoms with Crippen LogP contribution in [0, 0.1) is 6.92 Å². The molecule has 0 bridgehead atoms. The average molecular weight is 340 g/mol. The molecular formula is C19H20N2O4. The Balaban J connectivity index is 1.69. The molecule has 0 saturated carbocycles. The van der Waals surface area contributed by atoms with Gasteiger partial charge < -0.3 is 19.4 Å². The maximum absolute atomic E-state index is 12.3. The first-order valence-corrected chi connectivity index (χ1v) is 8.15. The summed E-state index contributed by atoms with van der Waals surface area (Å²) in [6.07, 6.45) is 2.27. The van der Waals surface area contributed by atoms with Crippen LogP contribution in [0.2, 0.25) is 0 Å². The molecule has 0 atom stereocenters. The fourth-order valence-corrected chi connectivity index (χ4v) is 2.99. The zero-order valence-electron chi connectivity index (χ0n) is 14.2. The number of hydrogen-bond donors (Lipinski definition) is 2. The van der Waals surface area contributed by atoms with Gasteiger partial charge in [-0.05, 0) is 31.5 Å². The first kappa shape index (κ1) is 16.8. The predicted octanol–water partition coefficient (Wildman–Crippen LogP) is 3.12. The molecule has 0 radical (unpaired) electrons. The number of furan rings is 1. The average Bonchev–Trinajstić information content (AvgIpc) is 3.14. The van der Waals surface area contributed by atoms with E-state index in [1.54, 1.807) is 6.92 Å². The standard InChI is InChI=1S/C19H20N2O4/c1-3-21-11-13(15-6-4-5-7-17(15)21)8-18(22)20-10-14-9-16(19(23)24)12(2)25-14/h4-7,9,11H,3,8,10H2,1-2H3,(H,20,22)(H,23,24). The molecule has 2 heterocycles.